The maximum absolute atomic E-state index is 12.3. The monoisotopic (exact) mass is 484 g/mol. The van der Waals surface area contributed by atoms with E-state index in [2.05, 4.69) is 10.6 Å². The number of ether oxygens (including phenoxy) is 2. The lowest BCUT2D eigenvalue weighted by molar-refractivity contribution is -0.142. The summed E-state index contributed by atoms with van der Waals surface area (Å²) in [6.45, 7) is 0.477. The SMILES string of the molecule is N#CC(=CNc1ccccc1)C(=O)OCC1CCC(COC(=O)C(C#N)=CNc2ccccc2)CC1. The first-order chi connectivity index (χ1) is 17.6. The van der Waals surface area contributed by atoms with Crippen molar-refractivity contribution >= 4 is 23.3 Å². The minimum absolute atomic E-state index is 0.0949. The van der Waals surface area contributed by atoms with Gasteiger partial charge in [0.2, 0.25) is 0 Å². The Bertz CT molecular complexity index is 1060. The van der Waals surface area contributed by atoms with Crippen LogP contribution in [0.5, 0.6) is 0 Å². The van der Waals surface area contributed by atoms with Crippen LogP contribution in [0.2, 0.25) is 0 Å². The van der Waals surface area contributed by atoms with Gasteiger partial charge in [0.25, 0.3) is 0 Å². The van der Waals surface area contributed by atoms with Gasteiger partial charge in [-0.15, -0.1) is 0 Å². The zero-order valence-corrected chi connectivity index (χ0v) is 19.9. The molecule has 0 aromatic heterocycles. The lowest BCUT2D eigenvalue weighted by atomic mass is 9.83. The summed E-state index contributed by atoms with van der Waals surface area (Å²) in [5.74, 6) is -0.936. The molecule has 2 aromatic rings. The quantitative estimate of drug-likeness (QED) is 0.277. The summed E-state index contributed by atoms with van der Waals surface area (Å²) in [5.41, 5.74) is 1.34. The summed E-state index contributed by atoms with van der Waals surface area (Å²) in [7, 11) is 0. The first-order valence-electron chi connectivity index (χ1n) is 11.8. The second kappa shape index (κ2) is 14.0. The predicted molar refractivity (Wildman–Crippen MR) is 135 cm³/mol. The van der Waals surface area contributed by atoms with E-state index in [1.165, 1.54) is 12.4 Å². The Morgan fingerprint density at radius 1 is 0.722 bits per heavy atom. The molecule has 0 aliphatic heterocycles. The lowest BCUT2D eigenvalue weighted by Crippen LogP contribution is -2.24. The lowest BCUT2D eigenvalue weighted by Gasteiger charge is -2.27. The number of benzene rings is 2. The molecular weight excluding hydrogens is 456 g/mol. The van der Waals surface area contributed by atoms with Crippen LogP contribution in [0.4, 0.5) is 11.4 Å². The van der Waals surface area contributed by atoms with E-state index in [-0.39, 0.29) is 36.2 Å². The zero-order valence-electron chi connectivity index (χ0n) is 19.9. The van der Waals surface area contributed by atoms with Crippen LogP contribution in [0.1, 0.15) is 25.7 Å². The Labute approximate surface area is 210 Å². The molecule has 3 rings (SSSR count). The largest absolute Gasteiger partial charge is 0.461 e. The number of nitrogens with one attached hydrogen (secondary N) is 2. The van der Waals surface area contributed by atoms with Crippen LogP contribution in [-0.4, -0.2) is 25.2 Å². The van der Waals surface area contributed by atoms with Crippen molar-refractivity contribution in [2.75, 3.05) is 23.8 Å². The molecule has 36 heavy (non-hydrogen) atoms. The number of para-hydroxylation sites is 2. The van der Waals surface area contributed by atoms with E-state index in [0.29, 0.717) is 0 Å². The van der Waals surface area contributed by atoms with Crippen molar-refractivity contribution in [2.24, 2.45) is 11.8 Å². The molecule has 0 spiro atoms. The molecule has 1 aliphatic rings. The highest BCUT2D eigenvalue weighted by molar-refractivity contribution is 5.93. The van der Waals surface area contributed by atoms with Gasteiger partial charge in [0, 0.05) is 23.8 Å². The molecule has 1 fully saturated rings. The first kappa shape index (κ1) is 26.1. The number of rotatable bonds is 10. The second-order valence-corrected chi connectivity index (χ2v) is 8.44. The van der Waals surface area contributed by atoms with Gasteiger partial charge in [-0.1, -0.05) is 36.4 Å². The smallest absolute Gasteiger partial charge is 0.350 e. The molecule has 0 saturated heterocycles. The van der Waals surface area contributed by atoms with E-state index >= 15 is 0 Å². The number of anilines is 2. The summed E-state index contributed by atoms with van der Waals surface area (Å²) in [4.78, 5) is 24.5. The molecule has 2 N–H and O–H groups in total. The van der Waals surface area contributed by atoms with Crippen LogP contribution in [0.3, 0.4) is 0 Å². The van der Waals surface area contributed by atoms with Crippen LogP contribution in [0, 0.1) is 34.5 Å². The molecule has 184 valence electrons. The normalized spacial score (nSPS) is 17.7. The molecule has 8 nitrogen and oxygen atoms in total. The fraction of sp³-hybridized carbons (Fsp3) is 0.286. The van der Waals surface area contributed by atoms with Crippen molar-refractivity contribution < 1.29 is 19.1 Å². The van der Waals surface area contributed by atoms with Gasteiger partial charge in [-0.2, -0.15) is 10.5 Å². The van der Waals surface area contributed by atoms with Crippen molar-refractivity contribution in [3.63, 3.8) is 0 Å². The summed E-state index contributed by atoms with van der Waals surface area (Å²) in [6.07, 6.45) is 5.98. The molecule has 0 radical (unpaired) electrons. The molecule has 0 atom stereocenters. The Balaban J connectivity index is 1.37. The Hall–Kier alpha value is -4.56. The number of hydrogen-bond donors (Lipinski definition) is 2. The molecule has 1 saturated carbocycles. The average Bonchev–Trinajstić information content (AvgIpc) is 2.93. The Kier molecular flexibility index (Phi) is 10.1. The van der Waals surface area contributed by atoms with Crippen molar-refractivity contribution in [1.82, 2.24) is 0 Å². The number of carbonyl (C=O) groups is 2. The molecule has 1 aliphatic carbocycles. The van der Waals surface area contributed by atoms with Crippen LogP contribution in [-0.2, 0) is 19.1 Å². The number of nitrogens with zero attached hydrogens (tertiary/aromatic N) is 2. The highest BCUT2D eigenvalue weighted by Gasteiger charge is 2.24. The van der Waals surface area contributed by atoms with Gasteiger partial charge in [-0.25, -0.2) is 9.59 Å². The average molecular weight is 485 g/mol. The third-order valence-corrected chi connectivity index (χ3v) is 5.86. The van der Waals surface area contributed by atoms with E-state index < -0.39 is 11.9 Å². The van der Waals surface area contributed by atoms with Crippen molar-refractivity contribution in [3.8, 4) is 12.1 Å². The van der Waals surface area contributed by atoms with E-state index in [9.17, 15) is 20.1 Å². The van der Waals surface area contributed by atoms with Crippen molar-refractivity contribution in [3.05, 3.63) is 84.2 Å². The minimum Gasteiger partial charge on any atom is -0.461 e. The molecular formula is C28H28N4O4. The van der Waals surface area contributed by atoms with Crippen molar-refractivity contribution in [1.29, 1.82) is 10.5 Å². The molecule has 0 bridgehead atoms. The number of carbonyl (C=O) groups excluding carboxylic acids is 2. The third-order valence-electron chi connectivity index (χ3n) is 5.86. The predicted octanol–water partition coefficient (Wildman–Crippen LogP) is 4.92. The Morgan fingerprint density at radius 2 is 1.08 bits per heavy atom. The third kappa shape index (κ3) is 8.34. The van der Waals surface area contributed by atoms with Crippen LogP contribution >= 0.6 is 0 Å². The topological polar surface area (TPSA) is 124 Å². The number of nitriles is 2. The van der Waals surface area contributed by atoms with Gasteiger partial charge in [-0.3, -0.25) is 0 Å². The van der Waals surface area contributed by atoms with E-state index in [0.717, 1.165) is 37.1 Å². The van der Waals surface area contributed by atoms with Gasteiger partial charge in [0.05, 0.1) is 13.2 Å². The van der Waals surface area contributed by atoms with Crippen LogP contribution in [0.25, 0.3) is 0 Å². The Morgan fingerprint density at radius 3 is 1.42 bits per heavy atom. The number of esters is 2. The van der Waals surface area contributed by atoms with Gasteiger partial charge >= 0.3 is 11.9 Å². The maximum atomic E-state index is 12.3. The molecule has 2 aromatic carbocycles. The second-order valence-electron chi connectivity index (χ2n) is 8.44. The molecule has 0 heterocycles. The van der Waals surface area contributed by atoms with E-state index in [1.54, 1.807) is 0 Å². The van der Waals surface area contributed by atoms with Crippen LogP contribution in [0.15, 0.2) is 84.2 Å². The number of hydrogen-bond acceptors (Lipinski definition) is 8. The summed E-state index contributed by atoms with van der Waals surface area (Å²) < 4.78 is 10.7. The highest BCUT2D eigenvalue weighted by atomic mass is 16.5. The standard InChI is InChI=1S/C28H28N4O4/c29-15-23(17-31-25-7-3-1-4-8-25)27(33)35-19-21-11-13-22(14-12-21)20-36-28(34)24(16-30)18-32-26-9-5-2-6-10-26/h1-10,17-18,21-22,31-32H,11-14,19-20H2. The summed E-state index contributed by atoms with van der Waals surface area (Å²) in [6, 6.07) is 22.2. The first-order valence-corrected chi connectivity index (χ1v) is 11.8. The molecule has 8 heteroatoms. The van der Waals surface area contributed by atoms with Crippen molar-refractivity contribution in [2.45, 2.75) is 25.7 Å². The summed E-state index contributed by atoms with van der Waals surface area (Å²) >= 11 is 0. The fourth-order valence-electron chi connectivity index (χ4n) is 3.76. The van der Waals surface area contributed by atoms with Crippen LogP contribution < -0.4 is 10.6 Å². The highest BCUT2D eigenvalue weighted by Crippen LogP contribution is 2.29. The van der Waals surface area contributed by atoms with Gasteiger partial charge in [-0.05, 0) is 61.8 Å². The van der Waals surface area contributed by atoms with E-state index in [1.807, 2.05) is 72.8 Å². The van der Waals surface area contributed by atoms with Gasteiger partial charge < -0.3 is 20.1 Å². The van der Waals surface area contributed by atoms with E-state index in [4.69, 9.17) is 9.47 Å². The van der Waals surface area contributed by atoms with Gasteiger partial charge in [0.1, 0.15) is 12.1 Å². The maximum Gasteiger partial charge on any atom is 0.350 e. The summed E-state index contributed by atoms with van der Waals surface area (Å²) in [5, 5.41) is 24.4. The minimum atomic E-state index is -0.656. The van der Waals surface area contributed by atoms with Gasteiger partial charge in [0.15, 0.2) is 11.1 Å². The molecule has 0 unspecified atom stereocenters. The fourth-order valence-corrected chi connectivity index (χ4v) is 3.76. The molecule has 0 amide bonds. The zero-order chi connectivity index (χ0) is 25.6.